The summed E-state index contributed by atoms with van der Waals surface area (Å²) < 4.78 is 17.7. The van der Waals surface area contributed by atoms with Gasteiger partial charge in [0.1, 0.15) is 12.7 Å². The number of halogens is 1. The van der Waals surface area contributed by atoms with Crippen molar-refractivity contribution in [2.75, 3.05) is 20.1 Å². The van der Waals surface area contributed by atoms with Gasteiger partial charge in [-0.15, -0.1) is 0 Å². The molecule has 5 rings (SSSR count). The zero-order valence-corrected chi connectivity index (χ0v) is 20.9. The third kappa shape index (κ3) is 4.11. The molecule has 1 atom stereocenters. The Hall–Kier alpha value is -4.80. The molecule has 0 N–H and O–H groups in total. The van der Waals surface area contributed by atoms with E-state index < -0.39 is 17.9 Å². The Bertz CT molecular complexity index is 1740. The number of likely N-dealkylation sites (tertiary alicyclic amines) is 1. The highest BCUT2D eigenvalue weighted by Crippen LogP contribution is 2.29. The summed E-state index contributed by atoms with van der Waals surface area (Å²) in [5.74, 6) is 0. The lowest BCUT2D eigenvalue weighted by atomic mass is 10.1. The van der Waals surface area contributed by atoms with Crippen LogP contribution in [0, 0.1) is 29.6 Å². The van der Waals surface area contributed by atoms with E-state index in [0.29, 0.717) is 41.2 Å². The second-order valence-corrected chi connectivity index (χ2v) is 9.35. The van der Waals surface area contributed by atoms with E-state index in [2.05, 4.69) is 17.2 Å². The molecule has 0 bridgehead atoms. The number of benzene rings is 2. The fourth-order valence-electron chi connectivity index (χ4n) is 5.07. The first-order valence-electron chi connectivity index (χ1n) is 12.1. The van der Waals surface area contributed by atoms with Crippen molar-refractivity contribution in [3.05, 3.63) is 98.0 Å². The molecule has 0 spiro atoms. The van der Waals surface area contributed by atoms with Crippen LogP contribution in [-0.4, -0.2) is 44.0 Å². The van der Waals surface area contributed by atoms with Gasteiger partial charge in [0.05, 0.1) is 52.1 Å². The van der Waals surface area contributed by atoms with Crippen molar-refractivity contribution in [1.82, 2.24) is 23.8 Å². The van der Waals surface area contributed by atoms with Crippen LogP contribution in [0.4, 0.5) is 4.39 Å². The van der Waals surface area contributed by atoms with Gasteiger partial charge in [0, 0.05) is 12.2 Å². The second-order valence-electron chi connectivity index (χ2n) is 9.35. The van der Waals surface area contributed by atoms with Crippen LogP contribution in [-0.2, 0) is 6.67 Å². The predicted octanol–water partition coefficient (Wildman–Crippen LogP) is 3.25. The van der Waals surface area contributed by atoms with Gasteiger partial charge in [-0.05, 0) is 68.9 Å². The lowest BCUT2D eigenvalue weighted by molar-refractivity contribution is 0.383. The van der Waals surface area contributed by atoms with Gasteiger partial charge in [-0.25, -0.2) is 13.9 Å². The molecule has 0 amide bonds. The molecule has 190 valence electrons. The van der Waals surface area contributed by atoms with Gasteiger partial charge in [0.25, 0.3) is 5.56 Å². The van der Waals surface area contributed by atoms with E-state index in [9.17, 15) is 24.5 Å². The fraction of sp³-hybridized carbons (Fsp3) is 0.250. The Morgan fingerprint density at radius 1 is 1.08 bits per heavy atom. The topological polar surface area (TPSA) is 113 Å². The largest absolute Gasteiger partial charge is 0.336 e. The lowest BCUT2D eigenvalue weighted by Crippen LogP contribution is -2.44. The second kappa shape index (κ2) is 9.92. The van der Waals surface area contributed by atoms with Crippen LogP contribution in [0.1, 0.15) is 34.8 Å². The zero-order valence-electron chi connectivity index (χ0n) is 20.9. The molecule has 0 saturated carbocycles. The van der Waals surface area contributed by atoms with E-state index in [-0.39, 0.29) is 22.9 Å². The van der Waals surface area contributed by atoms with Crippen LogP contribution < -0.4 is 11.2 Å². The summed E-state index contributed by atoms with van der Waals surface area (Å²) in [7, 11) is 1.93. The summed E-state index contributed by atoms with van der Waals surface area (Å²) in [6.07, 6.45) is 1.98. The van der Waals surface area contributed by atoms with Gasteiger partial charge < -0.3 is 4.90 Å². The number of rotatable bonds is 5. The van der Waals surface area contributed by atoms with Gasteiger partial charge in [-0.2, -0.15) is 15.6 Å². The molecule has 0 unspecified atom stereocenters. The number of likely N-dealkylation sites (N-methyl/N-ethyl adjacent to an activating group) is 1. The number of alkyl halides is 1. The van der Waals surface area contributed by atoms with Gasteiger partial charge in [0.15, 0.2) is 0 Å². The molecule has 3 heterocycles. The van der Waals surface area contributed by atoms with Crippen molar-refractivity contribution >= 4 is 0 Å². The minimum absolute atomic E-state index is 0.156. The van der Waals surface area contributed by atoms with E-state index in [0.717, 1.165) is 6.54 Å². The van der Waals surface area contributed by atoms with Gasteiger partial charge in [0.2, 0.25) is 0 Å². The summed E-state index contributed by atoms with van der Waals surface area (Å²) in [4.78, 5) is 30.1. The van der Waals surface area contributed by atoms with Crippen LogP contribution in [0.5, 0.6) is 0 Å². The third-order valence-electron chi connectivity index (χ3n) is 6.95. The van der Waals surface area contributed by atoms with E-state index in [1.807, 2.05) is 11.9 Å². The third-order valence-corrected chi connectivity index (χ3v) is 6.95. The molecule has 2 aromatic heterocycles. The van der Waals surface area contributed by atoms with E-state index in [4.69, 9.17) is 0 Å². The average molecular weight is 510 g/mol. The summed E-state index contributed by atoms with van der Waals surface area (Å²) in [6, 6.07) is 17.0. The van der Waals surface area contributed by atoms with Gasteiger partial charge in [-0.1, -0.05) is 12.1 Å². The Morgan fingerprint density at radius 2 is 1.84 bits per heavy atom. The molecule has 0 aliphatic carbocycles. The van der Waals surface area contributed by atoms with E-state index >= 15 is 0 Å². The summed E-state index contributed by atoms with van der Waals surface area (Å²) in [6.45, 7) is 2.18. The van der Waals surface area contributed by atoms with Crippen LogP contribution >= 0.6 is 0 Å². The number of hydrogen-bond donors (Lipinski definition) is 0. The highest BCUT2D eigenvalue weighted by atomic mass is 19.1. The Morgan fingerprint density at radius 3 is 2.47 bits per heavy atom. The van der Waals surface area contributed by atoms with Crippen LogP contribution in [0.2, 0.25) is 0 Å². The van der Waals surface area contributed by atoms with E-state index in [1.54, 1.807) is 55.5 Å². The lowest BCUT2D eigenvalue weighted by Gasteiger charge is -2.21. The molecular formula is C28H24FN7O2. The first-order valence-corrected chi connectivity index (χ1v) is 12.1. The summed E-state index contributed by atoms with van der Waals surface area (Å²) in [5, 5.41) is 23.5. The molecular weight excluding hydrogens is 485 g/mol. The molecule has 0 radical (unpaired) electrons. The standard InChI is InChI=1S/C28H24FN7O2/c1-18-25(26-21(15-31)16-32-36(26)22-8-6-19(14-30)7-9-22)27(37)35(24-10-11-33(2)17-24)28(38)34(18)23-5-3-4-20(12-23)13-29/h3-9,12,16,24H,10-11,13,17H2,1-2H3/t24-/m1/s1. The highest BCUT2D eigenvalue weighted by molar-refractivity contribution is 5.70. The van der Waals surface area contributed by atoms with Crippen molar-refractivity contribution in [2.24, 2.45) is 0 Å². The molecule has 1 saturated heterocycles. The van der Waals surface area contributed by atoms with Crippen LogP contribution in [0.3, 0.4) is 0 Å². The highest BCUT2D eigenvalue weighted by Gasteiger charge is 2.30. The minimum atomic E-state index is -0.703. The van der Waals surface area contributed by atoms with Crippen molar-refractivity contribution < 1.29 is 4.39 Å². The first kappa shape index (κ1) is 24.9. The van der Waals surface area contributed by atoms with Gasteiger partial charge in [-0.3, -0.25) is 13.9 Å². The number of nitriles is 2. The predicted molar refractivity (Wildman–Crippen MR) is 139 cm³/mol. The van der Waals surface area contributed by atoms with Crippen LogP contribution in [0.25, 0.3) is 22.6 Å². The zero-order chi connectivity index (χ0) is 27.0. The molecule has 1 aliphatic heterocycles. The van der Waals surface area contributed by atoms with Crippen molar-refractivity contribution in [3.8, 4) is 34.8 Å². The molecule has 1 aliphatic rings. The Balaban J connectivity index is 1.86. The minimum Gasteiger partial charge on any atom is -0.304 e. The maximum absolute atomic E-state index is 14.1. The average Bonchev–Trinajstić information content (AvgIpc) is 3.55. The Labute approximate surface area is 217 Å². The first-order chi connectivity index (χ1) is 18.4. The summed E-state index contributed by atoms with van der Waals surface area (Å²) in [5.41, 5.74) is 1.65. The molecule has 4 aromatic rings. The van der Waals surface area contributed by atoms with Gasteiger partial charge >= 0.3 is 5.69 Å². The van der Waals surface area contributed by atoms with Crippen LogP contribution in [0.15, 0.2) is 64.3 Å². The fourth-order valence-corrected chi connectivity index (χ4v) is 5.07. The maximum atomic E-state index is 14.1. The molecule has 2 aromatic carbocycles. The maximum Gasteiger partial charge on any atom is 0.336 e. The molecule has 9 nitrogen and oxygen atoms in total. The van der Waals surface area contributed by atoms with E-state index in [1.165, 1.54) is 20.0 Å². The molecule has 38 heavy (non-hydrogen) atoms. The quantitative estimate of drug-likeness (QED) is 0.408. The van der Waals surface area contributed by atoms with Crippen molar-refractivity contribution in [2.45, 2.75) is 26.1 Å². The van der Waals surface area contributed by atoms with Crippen molar-refractivity contribution in [1.29, 1.82) is 10.5 Å². The number of nitrogens with zero attached hydrogens (tertiary/aromatic N) is 7. The number of hydrogen-bond acceptors (Lipinski definition) is 6. The van der Waals surface area contributed by atoms with Crippen molar-refractivity contribution in [3.63, 3.8) is 0 Å². The molecule has 1 fully saturated rings. The monoisotopic (exact) mass is 509 g/mol. The number of aromatic nitrogens is 4. The molecule has 10 heteroatoms. The normalized spacial score (nSPS) is 15.3. The summed E-state index contributed by atoms with van der Waals surface area (Å²) >= 11 is 0. The SMILES string of the molecule is Cc1c(-c2c(C#N)cnn2-c2ccc(C#N)cc2)c(=O)n([C@@H]2CCN(C)C2)c(=O)n1-c1cccc(CF)c1. The smallest absolute Gasteiger partial charge is 0.304 e. The Kier molecular flexibility index (Phi) is 6.50.